The molecule has 1 aliphatic carbocycles. The SMILES string of the molecule is CCCCCCCC(CCCCCCC)N(C)C1CCCC1(F)F. The van der Waals surface area contributed by atoms with E-state index in [1.165, 1.54) is 64.2 Å². The second kappa shape index (κ2) is 12.2. The monoisotopic (exact) mass is 345 g/mol. The van der Waals surface area contributed by atoms with Crippen molar-refractivity contribution in [1.29, 1.82) is 0 Å². The summed E-state index contributed by atoms with van der Waals surface area (Å²) in [6.45, 7) is 4.46. The van der Waals surface area contributed by atoms with E-state index in [1.807, 2.05) is 7.05 Å². The molecule has 0 aromatic carbocycles. The topological polar surface area (TPSA) is 3.24 Å². The maximum Gasteiger partial charge on any atom is 0.263 e. The zero-order valence-corrected chi connectivity index (χ0v) is 16.5. The largest absolute Gasteiger partial charge is 0.295 e. The summed E-state index contributed by atoms with van der Waals surface area (Å²) < 4.78 is 28.3. The highest BCUT2D eigenvalue weighted by atomic mass is 19.3. The van der Waals surface area contributed by atoms with Crippen molar-refractivity contribution in [3.05, 3.63) is 0 Å². The maximum atomic E-state index is 14.2. The van der Waals surface area contributed by atoms with Crippen LogP contribution in [0.4, 0.5) is 8.78 Å². The lowest BCUT2D eigenvalue weighted by molar-refractivity contribution is -0.0673. The van der Waals surface area contributed by atoms with Crippen molar-refractivity contribution in [3.63, 3.8) is 0 Å². The van der Waals surface area contributed by atoms with Crippen molar-refractivity contribution >= 4 is 0 Å². The molecule has 0 amide bonds. The lowest BCUT2D eigenvalue weighted by Crippen LogP contribution is -2.47. The normalized spacial score (nSPS) is 20.4. The lowest BCUT2D eigenvalue weighted by Gasteiger charge is -2.36. The first-order valence-electron chi connectivity index (χ1n) is 10.6. The third-order valence-corrected chi connectivity index (χ3v) is 5.82. The van der Waals surface area contributed by atoms with Gasteiger partial charge in [0.05, 0.1) is 6.04 Å². The average Bonchev–Trinajstić information content (AvgIpc) is 2.91. The number of alkyl halides is 2. The molecule has 24 heavy (non-hydrogen) atoms. The molecule has 1 saturated carbocycles. The molecule has 0 saturated heterocycles. The Balaban J connectivity index is 2.45. The molecule has 144 valence electrons. The highest BCUT2D eigenvalue weighted by Crippen LogP contribution is 2.39. The standard InChI is InChI=1S/C21H41F2N/c1-4-6-8-10-12-15-19(16-13-11-9-7-5-2)24(3)20-17-14-18-21(20,22)23/h19-20H,4-18H2,1-3H3. The van der Waals surface area contributed by atoms with E-state index in [0.717, 1.165) is 12.8 Å². The fourth-order valence-corrected chi connectivity index (χ4v) is 4.18. The molecule has 0 heterocycles. The smallest absolute Gasteiger partial charge is 0.263 e. The Labute approximate surface area is 149 Å². The number of hydrogen-bond acceptors (Lipinski definition) is 1. The number of rotatable bonds is 14. The minimum Gasteiger partial charge on any atom is -0.295 e. The van der Waals surface area contributed by atoms with Crippen LogP contribution in [0, 0.1) is 0 Å². The van der Waals surface area contributed by atoms with Gasteiger partial charge < -0.3 is 0 Å². The molecule has 0 aromatic rings. The third kappa shape index (κ3) is 7.80. The van der Waals surface area contributed by atoms with Crippen molar-refractivity contribution in [2.75, 3.05) is 7.05 Å². The van der Waals surface area contributed by atoms with E-state index in [0.29, 0.717) is 18.9 Å². The molecular weight excluding hydrogens is 304 g/mol. The molecule has 1 aliphatic rings. The Kier molecular flexibility index (Phi) is 11.1. The number of hydrogen-bond donors (Lipinski definition) is 0. The summed E-state index contributed by atoms with van der Waals surface area (Å²) in [7, 11) is 1.96. The van der Waals surface area contributed by atoms with E-state index in [2.05, 4.69) is 18.7 Å². The van der Waals surface area contributed by atoms with Gasteiger partial charge in [0.1, 0.15) is 0 Å². The molecule has 0 N–H and O–H groups in total. The Hall–Kier alpha value is -0.180. The van der Waals surface area contributed by atoms with Gasteiger partial charge in [0.15, 0.2) is 0 Å². The molecule has 3 heteroatoms. The molecule has 0 spiro atoms. The van der Waals surface area contributed by atoms with Crippen molar-refractivity contribution in [2.24, 2.45) is 0 Å². The van der Waals surface area contributed by atoms with Crippen molar-refractivity contribution in [1.82, 2.24) is 4.90 Å². The van der Waals surface area contributed by atoms with Gasteiger partial charge in [-0.25, -0.2) is 8.78 Å². The molecule has 1 unspecified atom stereocenters. The van der Waals surface area contributed by atoms with Gasteiger partial charge in [-0.05, 0) is 32.7 Å². The molecule has 0 bridgehead atoms. The summed E-state index contributed by atoms with van der Waals surface area (Å²) >= 11 is 0. The van der Waals surface area contributed by atoms with Gasteiger partial charge in [0.2, 0.25) is 0 Å². The number of unbranched alkanes of at least 4 members (excludes halogenated alkanes) is 8. The van der Waals surface area contributed by atoms with Gasteiger partial charge >= 0.3 is 0 Å². The summed E-state index contributed by atoms with van der Waals surface area (Å²) in [6, 6.07) is -0.170. The van der Waals surface area contributed by atoms with Gasteiger partial charge in [-0.1, -0.05) is 78.1 Å². The van der Waals surface area contributed by atoms with Crippen LogP contribution < -0.4 is 0 Å². The van der Waals surface area contributed by atoms with Crippen LogP contribution in [0.5, 0.6) is 0 Å². The van der Waals surface area contributed by atoms with E-state index in [-0.39, 0.29) is 6.42 Å². The van der Waals surface area contributed by atoms with Crippen LogP contribution in [0.15, 0.2) is 0 Å². The molecule has 1 rings (SSSR count). The first-order valence-corrected chi connectivity index (χ1v) is 10.6. The summed E-state index contributed by atoms with van der Waals surface area (Å²) in [5.41, 5.74) is 0. The highest BCUT2D eigenvalue weighted by molar-refractivity contribution is 4.92. The van der Waals surface area contributed by atoms with E-state index in [9.17, 15) is 8.78 Å². The van der Waals surface area contributed by atoms with E-state index in [1.54, 1.807) is 0 Å². The molecule has 0 aromatic heterocycles. The first kappa shape index (κ1) is 21.9. The van der Waals surface area contributed by atoms with Crippen LogP contribution in [0.25, 0.3) is 0 Å². The summed E-state index contributed by atoms with van der Waals surface area (Å²) in [5, 5.41) is 0. The van der Waals surface area contributed by atoms with Gasteiger partial charge in [-0.2, -0.15) is 0 Å². The Morgan fingerprint density at radius 3 is 1.79 bits per heavy atom. The number of halogens is 2. The molecule has 1 fully saturated rings. The minimum atomic E-state index is -2.47. The van der Waals surface area contributed by atoms with Gasteiger partial charge in [-0.3, -0.25) is 4.90 Å². The van der Waals surface area contributed by atoms with Crippen LogP contribution in [0.2, 0.25) is 0 Å². The van der Waals surface area contributed by atoms with Gasteiger partial charge in [0, 0.05) is 12.5 Å². The fraction of sp³-hybridized carbons (Fsp3) is 1.00. The van der Waals surface area contributed by atoms with Crippen LogP contribution in [0.3, 0.4) is 0 Å². The predicted octanol–water partition coefficient (Wildman–Crippen LogP) is 7.20. The van der Waals surface area contributed by atoms with Crippen molar-refractivity contribution < 1.29 is 8.78 Å². The third-order valence-electron chi connectivity index (χ3n) is 5.82. The van der Waals surface area contributed by atoms with E-state index in [4.69, 9.17) is 0 Å². The van der Waals surface area contributed by atoms with Crippen LogP contribution >= 0.6 is 0 Å². The predicted molar refractivity (Wildman–Crippen MR) is 101 cm³/mol. The highest BCUT2D eigenvalue weighted by Gasteiger charge is 2.47. The number of nitrogens with zero attached hydrogens (tertiary/aromatic N) is 1. The van der Waals surface area contributed by atoms with Crippen molar-refractivity contribution in [3.8, 4) is 0 Å². The average molecular weight is 346 g/mol. The Morgan fingerprint density at radius 2 is 1.38 bits per heavy atom. The van der Waals surface area contributed by atoms with E-state index >= 15 is 0 Å². The second-order valence-corrected chi connectivity index (χ2v) is 7.89. The van der Waals surface area contributed by atoms with Crippen LogP contribution in [-0.4, -0.2) is 30.0 Å². The lowest BCUT2D eigenvalue weighted by atomic mass is 9.97. The van der Waals surface area contributed by atoms with E-state index < -0.39 is 12.0 Å². The zero-order chi connectivity index (χ0) is 17.8. The molecular formula is C21H41F2N. The summed E-state index contributed by atoms with van der Waals surface area (Å²) in [5.74, 6) is -2.47. The summed E-state index contributed by atoms with van der Waals surface area (Å²) in [4.78, 5) is 2.06. The first-order chi connectivity index (χ1) is 11.5. The molecule has 1 atom stereocenters. The Morgan fingerprint density at radius 1 is 0.875 bits per heavy atom. The summed E-state index contributed by atoms with van der Waals surface area (Å²) in [6.07, 6.45) is 16.3. The van der Waals surface area contributed by atoms with Crippen LogP contribution in [0.1, 0.15) is 110 Å². The Bertz CT molecular complexity index is 292. The zero-order valence-electron chi connectivity index (χ0n) is 16.5. The second-order valence-electron chi connectivity index (χ2n) is 7.89. The molecule has 0 radical (unpaired) electrons. The van der Waals surface area contributed by atoms with Crippen molar-refractivity contribution in [2.45, 2.75) is 128 Å². The maximum absolute atomic E-state index is 14.2. The van der Waals surface area contributed by atoms with Gasteiger partial charge in [0.25, 0.3) is 5.92 Å². The molecule has 0 aliphatic heterocycles. The minimum absolute atomic E-state index is 0.0850. The fourth-order valence-electron chi connectivity index (χ4n) is 4.18. The van der Waals surface area contributed by atoms with Crippen LogP contribution in [-0.2, 0) is 0 Å². The molecule has 1 nitrogen and oxygen atoms in total. The quantitative estimate of drug-likeness (QED) is 0.301. The van der Waals surface area contributed by atoms with Gasteiger partial charge in [-0.15, -0.1) is 0 Å².